The van der Waals surface area contributed by atoms with Crippen LogP contribution in [0.4, 0.5) is 14.9 Å². The van der Waals surface area contributed by atoms with Crippen molar-refractivity contribution >= 4 is 11.7 Å². The van der Waals surface area contributed by atoms with Gasteiger partial charge in [-0.15, -0.1) is 0 Å². The summed E-state index contributed by atoms with van der Waals surface area (Å²) < 4.78 is 18.5. The van der Waals surface area contributed by atoms with Crippen molar-refractivity contribution in [2.24, 2.45) is 5.92 Å². The fourth-order valence-electron chi connectivity index (χ4n) is 1.23. The van der Waals surface area contributed by atoms with Crippen molar-refractivity contribution in [1.82, 2.24) is 5.32 Å². The average molecular weight is 240 g/mol. The van der Waals surface area contributed by atoms with Crippen LogP contribution in [0.25, 0.3) is 0 Å². The minimum atomic E-state index is -0.574. The molecule has 0 saturated carbocycles. The maximum absolute atomic E-state index is 13.7. The molecule has 94 valence electrons. The molecule has 1 aromatic carbocycles. The Morgan fingerprint density at radius 2 is 2.18 bits per heavy atom. The second-order valence-corrected chi connectivity index (χ2v) is 4.05. The van der Waals surface area contributed by atoms with E-state index in [2.05, 4.69) is 10.6 Å². The monoisotopic (exact) mass is 240 g/mol. The van der Waals surface area contributed by atoms with Crippen molar-refractivity contribution in [1.29, 1.82) is 0 Å². The van der Waals surface area contributed by atoms with E-state index in [-0.39, 0.29) is 11.4 Å². The predicted octanol–water partition coefficient (Wildman–Crippen LogP) is 2.61. The first-order valence-corrected chi connectivity index (χ1v) is 5.42. The van der Waals surface area contributed by atoms with Gasteiger partial charge in [-0.1, -0.05) is 19.9 Å². The van der Waals surface area contributed by atoms with E-state index in [0.29, 0.717) is 12.5 Å². The molecule has 1 aromatic rings. The zero-order chi connectivity index (χ0) is 12.8. The van der Waals surface area contributed by atoms with Crippen LogP contribution in [0.1, 0.15) is 13.8 Å². The van der Waals surface area contributed by atoms with Crippen LogP contribution >= 0.6 is 0 Å². The first kappa shape index (κ1) is 13.3. The number of urea groups is 1. The second-order valence-electron chi connectivity index (χ2n) is 4.05. The minimum absolute atomic E-state index is 0.102. The molecule has 0 atom stereocenters. The standard InChI is InChI=1S/C12H17FN2O2/c1-8(2)7-14-12(16)15-9-5-4-6-10(17-3)11(9)13/h4-6,8H,7H2,1-3H3,(H2,14,15,16). The summed E-state index contributed by atoms with van der Waals surface area (Å²) in [6.07, 6.45) is 0. The first-order valence-electron chi connectivity index (χ1n) is 5.42. The van der Waals surface area contributed by atoms with E-state index >= 15 is 0 Å². The molecule has 1 rings (SSSR count). The summed E-state index contributed by atoms with van der Waals surface area (Å²) in [5.41, 5.74) is 0.102. The lowest BCUT2D eigenvalue weighted by Gasteiger charge is -2.11. The summed E-state index contributed by atoms with van der Waals surface area (Å²) in [6, 6.07) is 4.16. The van der Waals surface area contributed by atoms with Crippen LogP contribution in [-0.4, -0.2) is 19.7 Å². The molecule has 0 fully saturated rings. The minimum Gasteiger partial charge on any atom is -0.494 e. The van der Waals surface area contributed by atoms with Crippen molar-refractivity contribution in [2.45, 2.75) is 13.8 Å². The quantitative estimate of drug-likeness (QED) is 0.850. The number of hydrogen-bond acceptors (Lipinski definition) is 2. The number of amides is 2. The maximum atomic E-state index is 13.7. The number of halogens is 1. The Morgan fingerprint density at radius 1 is 1.47 bits per heavy atom. The van der Waals surface area contributed by atoms with Crippen LogP contribution in [0.2, 0.25) is 0 Å². The number of methoxy groups -OCH3 is 1. The van der Waals surface area contributed by atoms with Crippen molar-refractivity contribution < 1.29 is 13.9 Å². The van der Waals surface area contributed by atoms with Gasteiger partial charge in [0.05, 0.1) is 12.8 Å². The van der Waals surface area contributed by atoms with Crippen molar-refractivity contribution in [3.05, 3.63) is 24.0 Å². The number of nitrogens with one attached hydrogen (secondary N) is 2. The zero-order valence-corrected chi connectivity index (χ0v) is 10.2. The van der Waals surface area contributed by atoms with Gasteiger partial charge >= 0.3 is 6.03 Å². The molecule has 0 unspecified atom stereocenters. The largest absolute Gasteiger partial charge is 0.494 e. The summed E-state index contributed by atoms with van der Waals surface area (Å²) >= 11 is 0. The summed E-state index contributed by atoms with van der Waals surface area (Å²) in [6.45, 7) is 4.50. The van der Waals surface area contributed by atoms with Crippen molar-refractivity contribution in [3.8, 4) is 5.75 Å². The van der Waals surface area contributed by atoms with Gasteiger partial charge in [0.15, 0.2) is 11.6 Å². The predicted molar refractivity (Wildman–Crippen MR) is 64.8 cm³/mol. The molecule has 0 aliphatic carbocycles. The van der Waals surface area contributed by atoms with Gasteiger partial charge in [-0.3, -0.25) is 0 Å². The van der Waals surface area contributed by atoms with E-state index in [9.17, 15) is 9.18 Å². The molecule has 0 bridgehead atoms. The number of carbonyl (C=O) groups excluding carboxylic acids is 1. The van der Waals surface area contributed by atoms with E-state index in [4.69, 9.17) is 4.74 Å². The lowest BCUT2D eigenvalue weighted by atomic mass is 10.2. The number of carbonyl (C=O) groups is 1. The number of hydrogen-bond donors (Lipinski definition) is 2. The summed E-state index contributed by atoms with van der Waals surface area (Å²) in [7, 11) is 1.38. The number of rotatable bonds is 4. The molecule has 4 nitrogen and oxygen atoms in total. The molecule has 17 heavy (non-hydrogen) atoms. The number of ether oxygens (including phenoxy) is 1. The van der Waals surface area contributed by atoms with Gasteiger partial charge in [-0.05, 0) is 18.1 Å². The molecule has 0 radical (unpaired) electrons. The first-order chi connectivity index (χ1) is 8.04. The third kappa shape index (κ3) is 3.94. The van der Waals surface area contributed by atoms with Crippen LogP contribution in [0, 0.1) is 11.7 Å². The molecule has 2 amide bonds. The Labute approximate surface area is 100 Å². The summed E-state index contributed by atoms with van der Waals surface area (Å²) in [5.74, 6) is -0.128. The average Bonchev–Trinajstić information content (AvgIpc) is 2.29. The molecule has 0 aliphatic rings. The Hall–Kier alpha value is -1.78. The van der Waals surface area contributed by atoms with E-state index in [1.54, 1.807) is 6.07 Å². The number of benzene rings is 1. The van der Waals surface area contributed by atoms with Crippen molar-refractivity contribution in [2.75, 3.05) is 19.0 Å². The third-order valence-corrected chi connectivity index (χ3v) is 2.10. The summed E-state index contributed by atoms with van der Waals surface area (Å²) in [5, 5.41) is 5.07. The van der Waals surface area contributed by atoms with Gasteiger partial charge in [0.1, 0.15) is 0 Å². The zero-order valence-electron chi connectivity index (χ0n) is 10.2. The Morgan fingerprint density at radius 3 is 2.76 bits per heavy atom. The molecular formula is C12H17FN2O2. The Kier molecular flexibility index (Phi) is 4.75. The second kappa shape index (κ2) is 6.08. The highest BCUT2D eigenvalue weighted by Gasteiger charge is 2.10. The van der Waals surface area contributed by atoms with E-state index in [1.807, 2.05) is 13.8 Å². The van der Waals surface area contributed by atoms with Crippen LogP contribution in [0.3, 0.4) is 0 Å². The molecule has 2 N–H and O–H groups in total. The van der Waals surface area contributed by atoms with E-state index in [1.165, 1.54) is 19.2 Å². The molecule has 5 heteroatoms. The molecular weight excluding hydrogens is 223 g/mol. The van der Waals surface area contributed by atoms with Gasteiger partial charge < -0.3 is 15.4 Å². The van der Waals surface area contributed by atoms with Gasteiger partial charge in [0.2, 0.25) is 0 Å². The van der Waals surface area contributed by atoms with Crippen LogP contribution < -0.4 is 15.4 Å². The molecule has 0 heterocycles. The fraction of sp³-hybridized carbons (Fsp3) is 0.417. The molecule has 0 aliphatic heterocycles. The lowest BCUT2D eigenvalue weighted by molar-refractivity contribution is 0.250. The Balaban J connectivity index is 2.65. The van der Waals surface area contributed by atoms with Gasteiger partial charge in [-0.25, -0.2) is 9.18 Å². The fourth-order valence-corrected chi connectivity index (χ4v) is 1.23. The maximum Gasteiger partial charge on any atom is 0.319 e. The normalized spacial score (nSPS) is 10.2. The highest BCUT2D eigenvalue weighted by atomic mass is 19.1. The lowest BCUT2D eigenvalue weighted by Crippen LogP contribution is -2.31. The topological polar surface area (TPSA) is 50.4 Å². The van der Waals surface area contributed by atoms with Crippen molar-refractivity contribution in [3.63, 3.8) is 0 Å². The molecule has 0 spiro atoms. The van der Waals surface area contributed by atoms with Crippen LogP contribution in [0.15, 0.2) is 18.2 Å². The highest BCUT2D eigenvalue weighted by Crippen LogP contribution is 2.23. The van der Waals surface area contributed by atoms with Gasteiger partial charge in [-0.2, -0.15) is 0 Å². The molecule has 0 aromatic heterocycles. The number of anilines is 1. The summed E-state index contributed by atoms with van der Waals surface area (Å²) in [4.78, 5) is 11.4. The van der Waals surface area contributed by atoms with Crippen LogP contribution in [0.5, 0.6) is 5.75 Å². The SMILES string of the molecule is COc1cccc(NC(=O)NCC(C)C)c1F. The smallest absolute Gasteiger partial charge is 0.319 e. The van der Waals surface area contributed by atoms with Gasteiger partial charge in [0.25, 0.3) is 0 Å². The highest BCUT2D eigenvalue weighted by molar-refractivity contribution is 5.89. The third-order valence-electron chi connectivity index (χ3n) is 2.10. The van der Waals surface area contributed by atoms with E-state index < -0.39 is 11.8 Å². The molecule has 0 saturated heterocycles. The van der Waals surface area contributed by atoms with Crippen LogP contribution in [-0.2, 0) is 0 Å². The Bertz CT molecular complexity index is 394. The van der Waals surface area contributed by atoms with E-state index in [0.717, 1.165) is 0 Å². The van der Waals surface area contributed by atoms with Gasteiger partial charge in [0, 0.05) is 6.54 Å².